The van der Waals surface area contributed by atoms with Crippen LogP contribution in [-0.2, 0) is 4.79 Å². The van der Waals surface area contributed by atoms with Gasteiger partial charge in [-0.05, 0) is 24.8 Å². The Labute approximate surface area is 96.9 Å². The maximum atomic E-state index is 12.8. The molecule has 0 aromatic carbocycles. The minimum Gasteiger partial charge on any atom is -0.337 e. The van der Waals surface area contributed by atoms with Gasteiger partial charge in [0.2, 0.25) is 0 Å². The summed E-state index contributed by atoms with van der Waals surface area (Å²) in [4.78, 5) is 12.0. The van der Waals surface area contributed by atoms with Gasteiger partial charge in [0.1, 0.15) is 0 Å². The number of hydrogen-bond acceptors (Lipinski definition) is 2. The average Bonchev–Trinajstić information content (AvgIpc) is 2.29. The van der Waals surface area contributed by atoms with Crippen LogP contribution < -0.4 is 5.73 Å². The SMILES string of the molecule is CC1(CN)CCN(C(=O)C(F)(F)C(F)F)CC1. The minimum atomic E-state index is -4.59. The summed E-state index contributed by atoms with van der Waals surface area (Å²) in [5.74, 6) is -6.37. The number of carbonyl (C=O) groups is 1. The van der Waals surface area contributed by atoms with Crippen LogP contribution in [0.1, 0.15) is 19.8 Å². The van der Waals surface area contributed by atoms with Crippen LogP contribution in [0.4, 0.5) is 17.6 Å². The molecular formula is C10H16F4N2O. The van der Waals surface area contributed by atoms with Crippen molar-refractivity contribution in [3.63, 3.8) is 0 Å². The molecule has 1 amide bonds. The smallest absolute Gasteiger partial charge is 0.337 e. The molecule has 0 radical (unpaired) electrons. The standard InChI is InChI=1S/C10H16F4N2O/c1-9(6-15)2-4-16(5-3-9)8(17)10(13,14)7(11)12/h7H,2-6,15H2,1H3. The maximum Gasteiger partial charge on any atom is 0.383 e. The van der Waals surface area contributed by atoms with E-state index in [-0.39, 0.29) is 18.5 Å². The van der Waals surface area contributed by atoms with E-state index in [1.165, 1.54) is 0 Å². The van der Waals surface area contributed by atoms with E-state index in [9.17, 15) is 22.4 Å². The van der Waals surface area contributed by atoms with Crippen molar-refractivity contribution >= 4 is 5.91 Å². The molecule has 1 fully saturated rings. The quantitative estimate of drug-likeness (QED) is 0.777. The van der Waals surface area contributed by atoms with Crippen LogP contribution in [0.25, 0.3) is 0 Å². The fourth-order valence-corrected chi connectivity index (χ4v) is 1.76. The average molecular weight is 256 g/mol. The van der Waals surface area contributed by atoms with Crippen LogP contribution in [-0.4, -0.2) is 42.8 Å². The van der Waals surface area contributed by atoms with Gasteiger partial charge in [0, 0.05) is 13.1 Å². The van der Waals surface area contributed by atoms with Crippen molar-refractivity contribution in [3.8, 4) is 0 Å². The lowest BCUT2D eigenvalue weighted by Crippen LogP contribution is -2.52. The third-order valence-electron chi connectivity index (χ3n) is 3.31. The van der Waals surface area contributed by atoms with Crippen LogP contribution in [0.2, 0.25) is 0 Å². The minimum absolute atomic E-state index is 0.0504. The van der Waals surface area contributed by atoms with Gasteiger partial charge in [-0.1, -0.05) is 6.92 Å². The molecule has 0 bridgehead atoms. The van der Waals surface area contributed by atoms with Crippen molar-refractivity contribution < 1.29 is 22.4 Å². The van der Waals surface area contributed by atoms with E-state index < -0.39 is 18.3 Å². The molecule has 0 aliphatic carbocycles. The van der Waals surface area contributed by atoms with Crippen molar-refractivity contribution in [1.29, 1.82) is 0 Å². The van der Waals surface area contributed by atoms with Crippen molar-refractivity contribution in [2.24, 2.45) is 11.1 Å². The van der Waals surface area contributed by atoms with Gasteiger partial charge in [0.15, 0.2) is 0 Å². The first-order valence-corrected chi connectivity index (χ1v) is 5.38. The van der Waals surface area contributed by atoms with E-state index in [0.717, 1.165) is 4.90 Å². The molecule has 0 aromatic rings. The number of alkyl halides is 4. The van der Waals surface area contributed by atoms with Gasteiger partial charge < -0.3 is 10.6 Å². The Morgan fingerprint density at radius 3 is 2.24 bits per heavy atom. The number of piperidine rings is 1. The van der Waals surface area contributed by atoms with Gasteiger partial charge >= 0.3 is 12.3 Å². The number of hydrogen-bond donors (Lipinski definition) is 1. The summed E-state index contributed by atoms with van der Waals surface area (Å²) in [5, 5.41) is 0. The van der Waals surface area contributed by atoms with Crippen LogP contribution in [0.3, 0.4) is 0 Å². The molecule has 1 saturated heterocycles. The summed E-state index contributed by atoms with van der Waals surface area (Å²) in [6.45, 7) is 2.38. The molecule has 1 heterocycles. The maximum absolute atomic E-state index is 12.8. The lowest BCUT2D eigenvalue weighted by Gasteiger charge is -2.39. The Hall–Kier alpha value is -0.850. The Kier molecular flexibility index (Phi) is 4.01. The summed E-state index contributed by atoms with van der Waals surface area (Å²) in [7, 11) is 0. The fourth-order valence-electron chi connectivity index (χ4n) is 1.76. The summed E-state index contributed by atoms with van der Waals surface area (Å²) in [5.41, 5.74) is 5.32. The third-order valence-corrected chi connectivity index (χ3v) is 3.31. The first-order chi connectivity index (χ1) is 7.73. The molecule has 1 aliphatic rings. The summed E-state index contributed by atoms with van der Waals surface area (Å²) in [6, 6.07) is 0. The topological polar surface area (TPSA) is 46.3 Å². The van der Waals surface area contributed by atoms with Crippen molar-refractivity contribution in [1.82, 2.24) is 4.90 Å². The van der Waals surface area contributed by atoms with E-state index in [0.29, 0.717) is 19.4 Å². The molecule has 0 aromatic heterocycles. The summed E-state index contributed by atoms with van der Waals surface area (Å²) < 4.78 is 49.7. The number of halogens is 4. The van der Waals surface area contributed by atoms with E-state index in [4.69, 9.17) is 5.73 Å². The normalized spacial score (nSPS) is 20.8. The second kappa shape index (κ2) is 4.80. The molecule has 0 spiro atoms. The molecule has 2 N–H and O–H groups in total. The van der Waals surface area contributed by atoms with E-state index in [1.54, 1.807) is 0 Å². The Bertz CT molecular complexity index is 288. The van der Waals surface area contributed by atoms with Crippen LogP contribution >= 0.6 is 0 Å². The van der Waals surface area contributed by atoms with Gasteiger partial charge in [0.05, 0.1) is 0 Å². The second-order valence-electron chi connectivity index (χ2n) is 4.73. The van der Waals surface area contributed by atoms with Crippen molar-refractivity contribution in [2.75, 3.05) is 19.6 Å². The lowest BCUT2D eigenvalue weighted by molar-refractivity contribution is -0.182. The predicted octanol–water partition coefficient (Wildman–Crippen LogP) is 1.47. The lowest BCUT2D eigenvalue weighted by atomic mass is 9.80. The largest absolute Gasteiger partial charge is 0.383 e. The number of carbonyl (C=O) groups excluding carboxylic acids is 1. The number of likely N-dealkylation sites (tertiary alicyclic amines) is 1. The Morgan fingerprint density at radius 2 is 1.88 bits per heavy atom. The molecule has 17 heavy (non-hydrogen) atoms. The first kappa shape index (κ1) is 14.2. The fraction of sp³-hybridized carbons (Fsp3) is 0.900. The zero-order chi connectivity index (χ0) is 13.3. The van der Waals surface area contributed by atoms with Crippen LogP contribution in [0, 0.1) is 5.41 Å². The highest BCUT2D eigenvalue weighted by molar-refractivity contribution is 5.84. The van der Waals surface area contributed by atoms with Crippen molar-refractivity contribution in [2.45, 2.75) is 32.1 Å². The first-order valence-electron chi connectivity index (χ1n) is 5.38. The number of amides is 1. The third kappa shape index (κ3) is 2.88. The Morgan fingerprint density at radius 1 is 1.41 bits per heavy atom. The van der Waals surface area contributed by atoms with Crippen molar-refractivity contribution in [3.05, 3.63) is 0 Å². The molecule has 1 aliphatic heterocycles. The van der Waals surface area contributed by atoms with E-state index in [2.05, 4.69) is 0 Å². The molecule has 100 valence electrons. The van der Waals surface area contributed by atoms with Gasteiger partial charge in [-0.25, -0.2) is 8.78 Å². The van der Waals surface area contributed by atoms with E-state index in [1.807, 2.05) is 6.92 Å². The molecule has 1 rings (SSSR count). The van der Waals surface area contributed by atoms with Crippen LogP contribution in [0.15, 0.2) is 0 Å². The van der Waals surface area contributed by atoms with Gasteiger partial charge in [0.25, 0.3) is 5.91 Å². The molecule has 3 nitrogen and oxygen atoms in total. The molecule has 0 saturated carbocycles. The highest BCUT2D eigenvalue weighted by Gasteiger charge is 2.51. The molecule has 0 unspecified atom stereocenters. The Balaban J connectivity index is 2.64. The molecule has 0 atom stereocenters. The zero-order valence-electron chi connectivity index (χ0n) is 9.56. The number of nitrogens with two attached hydrogens (primary N) is 1. The van der Waals surface area contributed by atoms with Gasteiger partial charge in [-0.3, -0.25) is 4.79 Å². The number of rotatable bonds is 3. The van der Waals surface area contributed by atoms with Gasteiger partial charge in [-0.2, -0.15) is 8.78 Å². The predicted molar refractivity (Wildman–Crippen MR) is 53.9 cm³/mol. The molecular weight excluding hydrogens is 240 g/mol. The summed E-state index contributed by atoms with van der Waals surface area (Å²) in [6.07, 6.45) is -3.05. The second-order valence-corrected chi connectivity index (χ2v) is 4.73. The monoisotopic (exact) mass is 256 g/mol. The van der Waals surface area contributed by atoms with Gasteiger partial charge in [-0.15, -0.1) is 0 Å². The summed E-state index contributed by atoms with van der Waals surface area (Å²) >= 11 is 0. The molecule has 7 heteroatoms. The highest BCUT2D eigenvalue weighted by Crippen LogP contribution is 2.32. The van der Waals surface area contributed by atoms with Crippen LogP contribution in [0.5, 0.6) is 0 Å². The highest BCUT2D eigenvalue weighted by atomic mass is 19.3. The zero-order valence-corrected chi connectivity index (χ0v) is 9.56. The van der Waals surface area contributed by atoms with E-state index >= 15 is 0 Å². The number of nitrogens with zero attached hydrogens (tertiary/aromatic N) is 1.